The van der Waals surface area contributed by atoms with Gasteiger partial charge < -0.3 is 19.4 Å². The molecular formula is C16H20BrN3O3. The van der Waals surface area contributed by atoms with Gasteiger partial charge in [0.1, 0.15) is 17.5 Å². The number of amides is 1. The maximum absolute atomic E-state index is 12.2. The molecule has 6 nitrogen and oxygen atoms in total. The first kappa shape index (κ1) is 16.3. The minimum absolute atomic E-state index is 0.276. The maximum atomic E-state index is 12.2. The van der Waals surface area contributed by atoms with E-state index in [1.807, 2.05) is 39.0 Å². The van der Waals surface area contributed by atoms with Crippen LogP contribution in [0.2, 0.25) is 0 Å². The molecule has 1 unspecified atom stereocenters. The van der Waals surface area contributed by atoms with E-state index in [1.165, 1.54) is 0 Å². The summed E-state index contributed by atoms with van der Waals surface area (Å²) in [6.07, 6.45) is -0.591. The second-order valence-corrected chi connectivity index (χ2v) is 7.48. The van der Waals surface area contributed by atoms with E-state index >= 15 is 0 Å². The fourth-order valence-electron chi connectivity index (χ4n) is 2.46. The summed E-state index contributed by atoms with van der Waals surface area (Å²) in [6, 6.07) is 5.86. The number of hydrogen-bond acceptors (Lipinski definition) is 4. The third-order valence-electron chi connectivity index (χ3n) is 3.49. The highest BCUT2D eigenvalue weighted by molar-refractivity contribution is 9.10. The van der Waals surface area contributed by atoms with Crippen LogP contribution in [0.3, 0.4) is 0 Å². The van der Waals surface area contributed by atoms with Crippen LogP contribution < -0.4 is 0 Å². The Balaban J connectivity index is 1.75. The Bertz CT molecular complexity index is 723. The molecule has 7 heteroatoms. The van der Waals surface area contributed by atoms with Crippen molar-refractivity contribution in [2.75, 3.05) is 19.7 Å². The predicted molar refractivity (Wildman–Crippen MR) is 90.3 cm³/mol. The molecule has 1 aromatic heterocycles. The van der Waals surface area contributed by atoms with Crippen molar-refractivity contribution in [1.29, 1.82) is 0 Å². The van der Waals surface area contributed by atoms with Gasteiger partial charge in [0.25, 0.3) is 0 Å². The number of aromatic nitrogens is 2. The fourth-order valence-corrected chi connectivity index (χ4v) is 2.82. The Morgan fingerprint density at radius 1 is 1.48 bits per heavy atom. The number of carbonyl (C=O) groups is 1. The number of morpholine rings is 1. The second-order valence-electron chi connectivity index (χ2n) is 6.57. The molecule has 1 fully saturated rings. The molecule has 1 N–H and O–H groups in total. The van der Waals surface area contributed by atoms with Gasteiger partial charge in [0.15, 0.2) is 0 Å². The van der Waals surface area contributed by atoms with E-state index in [2.05, 4.69) is 25.9 Å². The largest absolute Gasteiger partial charge is 0.444 e. The SMILES string of the molecule is CC(C)(C)OC(=O)N1CCOC(c2nc3ccc(Br)cc3[nH]2)C1. The number of ether oxygens (including phenoxy) is 2. The van der Waals surface area contributed by atoms with Crippen LogP contribution in [0.4, 0.5) is 4.79 Å². The number of aromatic amines is 1. The van der Waals surface area contributed by atoms with E-state index < -0.39 is 5.60 Å². The fraction of sp³-hybridized carbons (Fsp3) is 0.500. The first-order chi connectivity index (χ1) is 10.8. The summed E-state index contributed by atoms with van der Waals surface area (Å²) >= 11 is 3.45. The van der Waals surface area contributed by atoms with Gasteiger partial charge in [-0.25, -0.2) is 9.78 Å². The van der Waals surface area contributed by atoms with Crippen molar-refractivity contribution in [1.82, 2.24) is 14.9 Å². The summed E-state index contributed by atoms with van der Waals surface area (Å²) in [4.78, 5) is 21.7. The summed E-state index contributed by atoms with van der Waals surface area (Å²) in [5.74, 6) is 0.728. The lowest BCUT2D eigenvalue weighted by Crippen LogP contribution is -2.44. The number of rotatable bonds is 1. The Kier molecular flexibility index (Phi) is 4.33. The third kappa shape index (κ3) is 3.84. The number of H-pyrrole nitrogens is 1. The van der Waals surface area contributed by atoms with Crippen LogP contribution in [0, 0.1) is 0 Å². The first-order valence-electron chi connectivity index (χ1n) is 7.56. The molecule has 2 aromatic rings. The molecule has 1 aliphatic heterocycles. The first-order valence-corrected chi connectivity index (χ1v) is 8.36. The lowest BCUT2D eigenvalue weighted by Gasteiger charge is -2.33. The van der Waals surface area contributed by atoms with Gasteiger partial charge in [-0.3, -0.25) is 0 Å². The molecule has 0 bridgehead atoms. The molecule has 1 aromatic carbocycles. The Labute approximate surface area is 143 Å². The number of benzene rings is 1. The molecule has 0 radical (unpaired) electrons. The van der Waals surface area contributed by atoms with Gasteiger partial charge in [-0.2, -0.15) is 0 Å². The standard InChI is InChI=1S/C16H20BrN3O3/c1-16(2,3)23-15(21)20-6-7-22-13(9-20)14-18-11-5-4-10(17)8-12(11)19-14/h4-5,8,13H,6-7,9H2,1-3H3,(H,18,19). The monoisotopic (exact) mass is 381 g/mol. The molecule has 0 aliphatic carbocycles. The zero-order valence-corrected chi connectivity index (χ0v) is 15.0. The predicted octanol–water partition coefficient (Wildman–Crippen LogP) is 3.63. The van der Waals surface area contributed by atoms with Gasteiger partial charge in [-0.05, 0) is 39.0 Å². The average Bonchev–Trinajstić information content (AvgIpc) is 2.88. The molecule has 1 aliphatic rings. The molecule has 3 rings (SSSR count). The van der Waals surface area contributed by atoms with Crippen LogP contribution in [-0.4, -0.2) is 46.3 Å². The quantitative estimate of drug-likeness (QED) is 0.818. The van der Waals surface area contributed by atoms with E-state index in [0.29, 0.717) is 19.7 Å². The van der Waals surface area contributed by atoms with Gasteiger partial charge in [0.2, 0.25) is 0 Å². The van der Waals surface area contributed by atoms with Crippen LogP contribution in [-0.2, 0) is 9.47 Å². The number of nitrogens with one attached hydrogen (secondary N) is 1. The number of carbonyl (C=O) groups excluding carboxylic acids is 1. The number of nitrogens with zero attached hydrogens (tertiary/aromatic N) is 2. The van der Waals surface area contributed by atoms with Crippen LogP contribution in [0.1, 0.15) is 32.7 Å². The van der Waals surface area contributed by atoms with Gasteiger partial charge in [-0.15, -0.1) is 0 Å². The van der Waals surface area contributed by atoms with Crippen molar-refractivity contribution in [3.8, 4) is 0 Å². The summed E-state index contributed by atoms with van der Waals surface area (Å²) in [7, 11) is 0. The molecule has 124 valence electrons. The van der Waals surface area contributed by atoms with Crippen LogP contribution >= 0.6 is 15.9 Å². The molecular weight excluding hydrogens is 362 g/mol. The van der Waals surface area contributed by atoms with E-state index in [0.717, 1.165) is 21.3 Å². The highest BCUT2D eigenvalue weighted by atomic mass is 79.9. The number of hydrogen-bond donors (Lipinski definition) is 1. The smallest absolute Gasteiger partial charge is 0.410 e. The molecule has 1 atom stereocenters. The molecule has 1 amide bonds. The topological polar surface area (TPSA) is 67.4 Å². The number of imidazole rings is 1. The van der Waals surface area contributed by atoms with E-state index in [-0.39, 0.29) is 12.2 Å². The van der Waals surface area contributed by atoms with Crippen molar-refractivity contribution in [2.45, 2.75) is 32.5 Å². The number of halogens is 1. The minimum Gasteiger partial charge on any atom is -0.444 e. The number of fused-ring (bicyclic) bond motifs is 1. The lowest BCUT2D eigenvalue weighted by atomic mass is 10.2. The molecule has 1 saturated heterocycles. The Hall–Kier alpha value is -1.60. The minimum atomic E-state index is -0.503. The highest BCUT2D eigenvalue weighted by Crippen LogP contribution is 2.25. The van der Waals surface area contributed by atoms with Crippen molar-refractivity contribution in [3.63, 3.8) is 0 Å². The highest BCUT2D eigenvalue weighted by Gasteiger charge is 2.30. The zero-order valence-electron chi connectivity index (χ0n) is 13.4. The van der Waals surface area contributed by atoms with Crippen molar-refractivity contribution >= 4 is 33.1 Å². The molecule has 2 heterocycles. The van der Waals surface area contributed by atoms with Gasteiger partial charge in [0, 0.05) is 11.0 Å². The molecule has 0 spiro atoms. The Morgan fingerprint density at radius 2 is 2.26 bits per heavy atom. The third-order valence-corrected chi connectivity index (χ3v) is 3.98. The molecule has 0 saturated carbocycles. The van der Waals surface area contributed by atoms with Crippen LogP contribution in [0.15, 0.2) is 22.7 Å². The Morgan fingerprint density at radius 3 is 3.00 bits per heavy atom. The molecule has 23 heavy (non-hydrogen) atoms. The van der Waals surface area contributed by atoms with Crippen molar-refractivity contribution in [2.24, 2.45) is 0 Å². The summed E-state index contributed by atoms with van der Waals surface area (Å²) in [6.45, 7) is 7.00. The van der Waals surface area contributed by atoms with Gasteiger partial charge >= 0.3 is 6.09 Å². The van der Waals surface area contributed by atoms with E-state index in [9.17, 15) is 4.79 Å². The zero-order chi connectivity index (χ0) is 16.6. The normalized spacial score (nSPS) is 19.1. The van der Waals surface area contributed by atoms with E-state index in [1.54, 1.807) is 4.90 Å². The van der Waals surface area contributed by atoms with Gasteiger partial charge in [-0.1, -0.05) is 15.9 Å². The lowest BCUT2D eigenvalue weighted by molar-refractivity contribution is -0.0458. The maximum Gasteiger partial charge on any atom is 0.410 e. The van der Waals surface area contributed by atoms with Crippen LogP contribution in [0.25, 0.3) is 11.0 Å². The average molecular weight is 382 g/mol. The van der Waals surface area contributed by atoms with Crippen molar-refractivity contribution in [3.05, 3.63) is 28.5 Å². The van der Waals surface area contributed by atoms with Gasteiger partial charge in [0.05, 0.1) is 24.2 Å². The van der Waals surface area contributed by atoms with Crippen molar-refractivity contribution < 1.29 is 14.3 Å². The summed E-state index contributed by atoms with van der Waals surface area (Å²) in [5, 5.41) is 0. The van der Waals surface area contributed by atoms with Crippen LogP contribution in [0.5, 0.6) is 0 Å². The summed E-state index contributed by atoms with van der Waals surface area (Å²) in [5.41, 5.74) is 1.31. The second kappa shape index (κ2) is 6.13. The van der Waals surface area contributed by atoms with E-state index in [4.69, 9.17) is 9.47 Å². The summed E-state index contributed by atoms with van der Waals surface area (Å²) < 4.78 is 12.2.